The van der Waals surface area contributed by atoms with E-state index in [0.29, 0.717) is 0 Å². The van der Waals surface area contributed by atoms with E-state index in [-0.39, 0.29) is 24.6 Å². The topological polar surface area (TPSA) is 50.4 Å². The minimum atomic E-state index is -0.00469. The molecule has 0 aliphatic carbocycles. The second-order valence-electron chi connectivity index (χ2n) is 4.94. The molecule has 0 aromatic heterocycles. The minimum absolute atomic E-state index is 0.00469. The van der Waals surface area contributed by atoms with Gasteiger partial charge in [-0.15, -0.1) is 0 Å². The van der Waals surface area contributed by atoms with Gasteiger partial charge in [0.1, 0.15) is 5.75 Å². The van der Waals surface area contributed by atoms with Crippen LogP contribution in [0.5, 0.6) is 5.75 Å². The maximum atomic E-state index is 11.5. The summed E-state index contributed by atoms with van der Waals surface area (Å²) in [7, 11) is 0. The fourth-order valence-corrected chi connectivity index (χ4v) is 1.52. The van der Waals surface area contributed by atoms with Crippen LogP contribution in [0.1, 0.15) is 34.1 Å². The molecule has 19 heavy (non-hydrogen) atoms. The Kier molecular flexibility index (Phi) is 6.19. The van der Waals surface area contributed by atoms with Crippen LogP contribution in [0, 0.1) is 0 Å². The van der Waals surface area contributed by atoms with Crippen molar-refractivity contribution >= 4 is 11.6 Å². The summed E-state index contributed by atoms with van der Waals surface area (Å²) >= 11 is 0. The van der Waals surface area contributed by atoms with Gasteiger partial charge in [-0.05, 0) is 51.5 Å². The quantitative estimate of drug-likeness (QED) is 0.796. The summed E-state index contributed by atoms with van der Waals surface area (Å²) in [6, 6.07) is 7.82. The number of hydrogen-bond donors (Lipinski definition) is 2. The Morgan fingerprint density at radius 3 is 2.37 bits per heavy atom. The molecular weight excluding hydrogens is 240 g/mol. The van der Waals surface area contributed by atoms with Crippen LogP contribution < -0.4 is 15.4 Å². The smallest absolute Gasteiger partial charge is 0.239 e. The lowest BCUT2D eigenvalue weighted by molar-refractivity contribution is -0.119. The summed E-state index contributed by atoms with van der Waals surface area (Å²) in [5.41, 5.74) is 0.912. The molecule has 0 aliphatic rings. The Morgan fingerprint density at radius 1 is 1.21 bits per heavy atom. The van der Waals surface area contributed by atoms with Gasteiger partial charge in [0.2, 0.25) is 5.91 Å². The predicted octanol–water partition coefficient (Wildman–Crippen LogP) is 2.80. The highest BCUT2D eigenvalue weighted by molar-refractivity contribution is 5.80. The molecule has 1 unspecified atom stereocenters. The normalized spacial score (nSPS) is 12.1. The van der Waals surface area contributed by atoms with Gasteiger partial charge in [-0.1, -0.05) is 6.92 Å². The molecule has 0 radical (unpaired) electrons. The zero-order valence-corrected chi connectivity index (χ0v) is 12.2. The van der Waals surface area contributed by atoms with E-state index < -0.39 is 0 Å². The van der Waals surface area contributed by atoms with Gasteiger partial charge >= 0.3 is 0 Å². The van der Waals surface area contributed by atoms with Crippen LogP contribution in [0.2, 0.25) is 0 Å². The highest BCUT2D eigenvalue weighted by Gasteiger charge is 2.04. The second-order valence-corrected chi connectivity index (χ2v) is 4.94. The third-order valence-electron chi connectivity index (χ3n) is 2.67. The van der Waals surface area contributed by atoms with E-state index >= 15 is 0 Å². The van der Waals surface area contributed by atoms with Crippen molar-refractivity contribution in [2.45, 2.75) is 46.3 Å². The molecule has 1 aromatic rings. The molecule has 106 valence electrons. The number of hydrogen-bond acceptors (Lipinski definition) is 3. The first kappa shape index (κ1) is 15.3. The van der Waals surface area contributed by atoms with Crippen molar-refractivity contribution in [2.24, 2.45) is 0 Å². The van der Waals surface area contributed by atoms with Crippen molar-refractivity contribution in [2.75, 3.05) is 11.9 Å². The molecule has 4 heteroatoms. The number of ether oxygens (including phenoxy) is 1. The fraction of sp³-hybridized carbons (Fsp3) is 0.533. The highest BCUT2D eigenvalue weighted by atomic mass is 16.5. The number of anilines is 1. The number of rotatable bonds is 7. The van der Waals surface area contributed by atoms with Gasteiger partial charge in [0.25, 0.3) is 0 Å². The van der Waals surface area contributed by atoms with Crippen LogP contribution in [0.15, 0.2) is 24.3 Å². The Bertz CT molecular complexity index is 388. The lowest BCUT2D eigenvalue weighted by atomic mass is 10.2. The summed E-state index contributed by atoms with van der Waals surface area (Å²) in [6.07, 6.45) is 1.20. The van der Waals surface area contributed by atoms with Crippen molar-refractivity contribution in [3.8, 4) is 5.75 Å². The standard InChI is InChI=1S/C15H24N2O2/c1-5-12(4)19-14-8-6-13(7-9-14)16-10-15(18)17-11(2)3/h6-9,11-12,16H,5,10H2,1-4H3,(H,17,18). The van der Waals surface area contributed by atoms with Gasteiger partial charge in [0.05, 0.1) is 12.6 Å². The van der Waals surface area contributed by atoms with Crippen LogP contribution in [-0.4, -0.2) is 24.6 Å². The Morgan fingerprint density at radius 2 is 1.84 bits per heavy atom. The van der Waals surface area contributed by atoms with E-state index in [4.69, 9.17) is 4.74 Å². The first-order valence-corrected chi connectivity index (χ1v) is 6.81. The molecule has 1 aromatic carbocycles. The lowest BCUT2D eigenvalue weighted by Crippen LogP contribution is -2.34. The van der Waals surface area contributed by atoms with Crippen LogP contribution in [0.25, 0.3) is 0 Å². The SMILES string of the molecule is CCC(C)Oc1ccc(NCC(=O)NC(C)C)cc1. The van der Waals surface area contributed by atoms with E-state index in [2.05, 4.69) is 17.6 Å². The molecule has 1 atom stereocenters. The molecule has 2 N–H and O–H groups in total. The van der Waals surface area contributed by atoms with E-state index in [1.807, 2.05) is 45.0 Å². The summed E-state index contributed by atoms with van der Waals surface area (Å²) in [6.45, 7) is 8.30. The molecule has 0 aliphatic heterocycles. The number of amides is 1. The van der Waals surface area contributed by atoms with Crippen LogP contribution in [0.4, 0.5) is 5.69 Å². The zero-order chi connectivity index (χ0) is 14.3. The first-order valence-electron chi connectivity index (χ1n) is 6.81. The molecule has 0 bridgehead atoms. The molecule has 0 saturated heterocycles. The molecule has 0 heterocycles. The molecule has 4 nitrogen and oxygen atoms in total. The molecular formula is C15H24N2O2. The van der Waals surface area contributed by atoms with E-state index in [1.54, 1.807) is 0 Å². The number of nitrogens with one attached hydrogen (secondary N) is 2. The summed E-state index contributed by atoms with van der Waals surface area (Å²) in [5.74, 6) is 0.849. The van der Waals surface area contributed by atoms with E-state index in [0.717, 1.165) is 17.9 Å². The van der Waals surface area contributed by atoms with E-state index in [1.165, 1.54) is 0 Å². The Hall–Kier alpha value is -1.71. The second kappa shape index (κ2) is 7.67. The molecule has 0 fully saturated rings. The van der Waals surface area contributed by atoms with Gasteiger partial charge in [-0.25, -0.2) is 0 Å². The fourth-order valence-electron chi connectivity index (χ4n) is 1.52. The first-order chi connectivity index (χ1) is 9.01. The van der Waals surface area contributed by atoms with Crippen LogP contribution in [-0.2, 0) is 4.79 Å². The van der Waals surface area contributed by atoms with Crippen molar-refractivity contribution < 1.29 is 9.53 Å². The Balaban J connectivity index is 2.42. The summed E-state index contributed by atoms with van der Waals surface area (Å²) in [4.78, 5) is 11.5. The van der Waals surface area contributed by atoms with Crippen LogP contribution in [0.3, 0.4) is 0 Å². The summed E-state index contributed by atoms with van der Waals surface area (Å²) < 4.78 is 5.69. The minimum Gasteiger partial charge on any atom is -0.491 e. The van der Waals surface area contributed by atoms with Crippen molar-refractivity contribution in [1.29, 1.82) is 0 Å². The predicted molar refractivity (Wildman–Crippen MR) is 78.6 cm³/mol. The maximum Gasteiger partial charge on any atom is 0.239 e. The monoisotopic (exact) mass is 264 g/mol. The highest BCUT2D eigenvalue weighted by Crippen LogP contribution is 2.17. The van der Waals surface area contributed by atoms with Crippen molar-refractivity contribution in [3.63, 3.8) is 0 Å². The maximum absolute atomic E-state index is 11.5. The van der Waals surface area contributed by atoms with E-state index in [9.17, 15) is 4.79 Å². The number of benzene rings is 1. The third kappa shape index (κ3) is 6.13. The largest absolute Gasteiger partial charge is 0.491 e. The van der Waals surface area contributed by atoms with Gasteiger partial charge < -0.3 is 15.4 Å². The van der Waals surface area contributed by atoms with Gasteiger partial charge in [-0.3, -0.25) is 4.79 Å². The third-order valence-corrected chi connectivity index (χ3v) is 2.67. The molecule has 0 saturated carbocycles. The zero-order valence-electron chi connectivity index (χ0n) is 12.2. The average Bonchev–Trinajstić information content (AvgIpc) is 2.37. The molecule has 1 rings (SSSR count). The summed E-state index contributed by atoms with van der Waals surface area (Å²) in [5, 5.41) is 5.91. The van der Waals surface area contributed by atoms with Gasteiger partial charge in [0, 0.05) is 11.7 Å². The van der Waals surface area contributed by atoms with Gasteiger partial charge in [-0.2, -0.15) is 0 Å². The lowest BCUT2D eigenvalue weighted by Gasteiger charge is -2.13. The molecule has 0 spiro atoms. The van der Waals surface area contributed by atoms with Crippen molar-refractivity contribution in [3.05, 3.63) is 24.3 Å². The number of carbonyl (C=O) groups excluding carboxylic acids is 1. The molecule has 1 amide bonds. The average molecular weight is 264 g/mol. The van der Waals surface area contributed by atoms with Gasteiger partial charge in [0.15, 0.2) is 0 Å². The van der Waals surface area contributed by atoms with Crippen molar-refractivity contribution in [1.82, 2.24) is 5.32 Å². The van der Waals surface area contributed by atoms with Crippen LogP contribution >= 0.6 is 0 Å². The number of carbonyl (C=O) groups is 1. The Labute approximate surface area is 115 Å².